The molecule has 1 amide bonds. The van der Waals surface area contributed by atoms with Crippen LogP contribution < -0.4 is 10.2 Å². The number of methoxy groups -OCH3 is 1. The van der Waals surface area contributed by atoms with Crippen molar-refractivity contribution >= 4 is 39.7 Å². The first-order valence-corrected chi connectivity index (χ1v) is 10.6. The molecule has 1 N–H and O–H groups in total. The molecule has 3 rings (SSSR count). The van der Waals surface area contributed by atoms with Crippen LogP contribution in [-0.2, 0) is 11.3 Å². The zero-order chi connectivity index (χ0) is 20.6. The summed E-state index contributed by atoms with van der Waals surface area (Å²) in [6.07, 6.45) is 1.61. The van der Waals surface area contributed by atoms with E-state index in [1.54, 1.807) is 13.3 Å². The van der Waals surface area contributed by atoms with Crippen molar-refractivity contribution < 1.29 is 9.53 Å². The Morgan fingerprint density at radius 2 is 1.93 bits per heavy atom. The van der Waals surface area contributed by atoms with Crippen molar-refractivity contribution in [3.05, 3.63) is 63.1 Å². The van der Waals surface area contributed by atoms with Crippen LogP contribution >= 0.6 is 27.5 Å². The fraction of sp³-hybridized carbons (Fsp3) is 0.333. The minimum Gasteiger partial charge on any atom is -0.496 e. The molecule has 2 aromatic rings. The summed E-state index contributed by atoms with van der Waals surface area (Å²) >= 11 is 9.68. The molecule has 1 saturated heterocycles. The molecule has 1 fully saturated rings. The molecule has 0 radical (unpaired) electrons. The van der Waals surface area contributed by atoms with E-state index in [9.17, 15) is 4.79 Å². The monoisotopic (exact) mass is 478 g/mol. The zero-order valence-corrected chi connectivity index (χ0v) is 18.6. The summed E-state index contributed by atoms with van der Waals surface area (Å²) in [5, 5.41) is 4.85. The Bertz CT molecular complexity index is 870. The minimum atomic E-state index is -0.117. The maximum atomic E-state index is 12.2. The number of ether oxygens (including phenoxy) is 1. The minimum absolute atomic E-state index is 0.117. The van der Waals surface area contributed by atoms with Gasteiger partial charge in [0.1, 0.15) is 5.75 Å². The summed E-state index contributed by atoms with van der Waals surface area (Å²) in [5.41, 5.74) is 4.60. The van der Waals surface area contributed by atoms with Crippen LogP contribution in [0.3, 0.4) is 0 Å². The molecule has 1 aliphatic heterocycles. The number of nitrogens with one attached hydrogen (secondary N) is 1. The summed E-state index contributed by atoms with van der Waals surface area (Å²) in [4.78, 5) is 16.7. The van der Waals surface area contributed by atoms with E-state index in [4.69, 9.17) is 16.3 Å². The van der Waals surface area contributed by atoms with Gasteiger partial charge >= 0.3 is 0 Å². The molecule has 0 atom stereocenters. The lowest BCUT2D eigenvalue weighted by Gasteiger charge is -2.34. The molecular weight excluding hydrogens is 456 g/mol. The van der Waals surface area contributed by atoms with Crippen LogP contribution in [0.15, 0.2) is 52.0 Å². The van der Waals surface area contributed by atoms with Gasteiger partial charge in [-0.05, 0) is 51.3 Å². The van der Waals surface area contributed by atoms with E-state index in [1.165, 1.54) is 0 Å². The highest BCUT2D eigenvalue weighted by Gasteiger charge is 2.19. The van der Waals surface area contributed by atoms with Crippen LogP contribution in [0.5, 0.6) is 5.75 Å². The normalized spacial score (nSPS) is 15.6. The van der Waals surface area contributed by atoms with Gasteiger partial charge in [-0.3, -0.25) is 14.6 Å². The molecular formula is C21H24BrClN4O2. The topological polar surface area (TPSA) is 57.2 Å². The van der Waals surface area contributed by atoms with E-state index in [1.807, 2.05) is 36.4 Å². The van der Waals surface area contributed by atoms with Crippen molar-refractivity contribution in [2.45, 2.75) is 6.54 Å². The number of piperazine rings is 1. The van der Waals surface area contributed by atoms with Crippen LogP contribution in [0.4, 0.5) is 0 Å². The molecule has 6 nitrogen and oxygen atoms in total. The van der Waals surface area contributed by atoms with Gasteiger partial charge in [-0.25, -0.2) is 5.43 Å². The van der Waals surface area contributed by atoms with Crippen molar-refractivity contribution in [2.24, 2.45) is 5.10 Å². The SMILES string of the molecule is COc1ccc(/C=N/NC(=O)CN2CCN(Cc3ccccc3Cl)CC2)cc1Br. The standard InChI is InChI=1S/C21H24BrClN4O2/c1-29-20-7-6-16(12-18(20)22)13-24-25-21(28)15-27-10-8-26(9-11-27)14-17-4-2-3-5-19(17)23/h2-7,12-13H,8-11,14-15H2,1H3,(H,25,28)/b24-13+. The van der Waals surface area contributed by atoms with Crippen molar-refractivity contribution in [3.8, 4) is 5.75 Å². The second-order valence-electron chi connectivity index (χ2n) is 6.83. The highest BCUT2D eigenvalue weighted by atomic mass is 79.9. The Morgan fingerprint density at radius 1 is 1.21 bits per heavy atom. The van der Waals surface area contributed by atoms with Crippen LogP contribution in [0.2, 0.25) is 5.02 Å². The highest BCUT2D eigenvalue weighted by Crippen LogP contribution is 2.24. The van der Waals surface area contributed by atoms with E-state index in [0.717, 1.165) is 59.1 Å². The second-order valence-corrected chi connectivity index (χ2v) is 8.09. The number of carbonyl (C=O) groups excluding carboxylic acids is 1. The number of nitrogens with zero attached hydrogens (tertiary/aromatic N) is 3. The van der Waals surface area contributed by atoms with Gasteiger partial charge in [0.05, 0.1) is 24.3 Å². The first kappa shape index (κ1) is 21.8. The highest BCUT2D eigenvalue weighted by molar-refractivity contribution is 9.10. The molecule has 1 aliphatic rings. The van der Waals surface area contributed by atoms with Gasteiger partial charge in [-0.15, -0.1) is 0 Å². The van der Waals surface area contributed by atoms with E-state index in [-0.39, 0.29) is 5.91 Å². The number of halogens is 2. The number of hydrazone groups is 1. The third-order valence-electron chi connectivity index (χ3n) is 4.76. The molecule has 0 spiro atoms. The first-order valence-electron chi connectivity index (χ1n) is 9.38. The van der Waals surface area contributed by atoms with Gasteiger partial charge in [0.25, 0.3) is 5.91 Å². The molecule has 0 bridgehead atoms. The van der Waals surface area contributed by atoms with Crippen molar-refractivity contribution in [1.29, 1.82) is 0 Å². The molecule has 8 heteroatoms. The largest absolute Gasteiger partial charge is 0.496 e. The lowest BCUT2D eigenvalue weighted by Crippen LogP contribution is -2.48. The van der Waals surface area contributed by atoms with Crippen LogP contribution in [0.25, 0.3) is 0 Å². The Morgan fingerprint density at radius 3 is 2.62 bits per heavy atom. The summed E-state index contributed by atoms with van der Waals surface area (Å²) in [5.74, 6) is 0.633. The van der Waals surface area contributed by atoms with Crippen LogP contribution in [0.1, 0.15) is 11.1 Å². The lowest BCUT2D eigenvalue weighted by molar-refractivity contribution is -0.122. The Kier molecular flexibility index (Phi) is 8.06. The third-order valence-corrected chi connectivity index (χ3v) is 5.75. The first-order chi connectivity index (χ1) is 14.0. The predicted octanol–water partition coefficient (Wildman–Crippen LogP) is 3.38. The molecule has 1 heterocycles. The van der Waals surface area contributed by atoms with Crippen molar-refractivity contribution in [2.75, 3.05) is 39.8 Å². The van der Waals surface area contributed by atoms with Gasteiger partial charge in [0.2, 0.25) is 0 Å². The van der Waals surface area contributed by atoms with Crippen molar-refractivity contribution in [3.63, 3.8) is 0 Å². The summed E-state index contributed by atoms with van der Waals surface area (Å²) in [6.45, 7) is 4.66. The van der Waals surface area contributed by atoms with Crippen LogP contribution in [-0.4, -0.2) is 61.8 Å². The van der Waals surface area contributed by atoms with E-state index >= 15 is 0 Å². The number of benzene rings is 2. The maximum Gasteiger partial charge on any atom is 0.254 e. The molecule has 2 aromatic carbocycles. The Hall–Kier alpha value is -1.93. The van der Waals surface area contributed by atoms with Crippen LogP contribution in [0, 0.1) is 0 Å². The molecule has 0 aliphatic carbocycles. The fourth-order valence-corrected chi connectivity index (χ4v) is 3.91. The summed E-state index contributed by atoms with van der Waals surface area (Å²) in [7, 11) is 1.62. The lowest BCUT2D eigenvalue weighted by atomic mass is 10.2. The number of amides is 1. The smallest absolute Gasteiger partial charge is 0.254 e. The Labute approximate surface area is 184 Å². The quantitative estimate of drug-likeness (QED) is 0.489. The number of hydrogen-bond acceptors (Lipinski definition) is 5. The number of rotatable bonds is 7. The third kappa shape index (κ3) is 6.54. The van der Waals surface area contributed by atoms with E-state index in [0.29, 0.717) is 6.54 Å². The van der Waals surface area contributed by atoms with Gasteiger partial charge in [0.15, 0.2) is 0 Å². The van der Waals surface area contributed by atoms with E-state index in [2.05, 4.69) is 42.3 Å². The van der Waals surface area contributed by atoms with Crippen molar-refractivity contribution in [1.82, 2.24) is 15.2 Å². The number of hydrogen-bond donors (Lipinski definition) is 1. The predicted molar refractivity (Wildman–Crippen MR) is 120 cm³/mol. The van der Waals surface area contributed by atoms with Gasteiger partial charge < -0.3 is 4.74 Å². The molecule has 154 valence electrons. The summed E-state index contributed by atoms with van der Waals surface area (Å²) < 4.78 is 6.04. The maximum absolute atomic E-state index is 12.2. The molecule has 0 unspecified atom stereocenters. The summed E-state index contributed by atoms with van der Waals surface area (Å²) in [6, 6.07) is 13.5. The zero-order valence-electron chi connectivity index (χ0n) is 16.3. The number of carbonyl (C=O) groups is 1. The molecule has 0 aromatic heterocycles. The fourth-order valence-electron chi connectivity index (χ4n) is 3.15. The average Bonchev–Trinajstić information content (AvgIpc) is 2.71. The van der Waals surface area contributed by atoms with Gasteiger partial charge in [-0.2, -0.15) is 5.10 Å². The average molecular weight is 480 g/mol. The molecule has 29 heavy (non-hydrogen) atoms. The second kappa shape index (κ2) is 10.7. The van der Waals surface area contributed by atoms with Gasteiger partial charge in [-0.1, -0.05) is 29.8 Å². The Balaban J connectivity index is 1.40. The van der Waals surface area contributed by atoms with Gasteiger partial charge in [0, 0.05) is 37.7 Å². The van der Waals surface area contributed by atoms with E-state index < -0.39 is 0 Å². The molecule has 0 saturated carbocycles.